The highest BCUT2D eigenvalue weighted by Crippen LogP contribution is 2.46. The highest BCUT2D eigenvalue weighted by molar-refractivity contribution is 7.18. The van der Waals surface area contributed by atoms with Crippen molar-refractivity contribution in [3.8, 4) is 0 Å². The molecule has 2 saturated carbocycles. The Morgan fingerprint density at radius 2 is 2.05 bits per heavy atom. The average molecular weight is 286 g/mol. The summed E-state index contributed by atoms with van der Waals surface area (Å²) >= 11 is 1.82. The van der Waals surface area contributed by atoms with E-state index in [4.69, 9.17) is 10.7 Å². The van der Waals surface area contributed by atoms with Gasteiger partial charge in [0.1, 0.15) is 0 Å². The summed E-state index contributed by atoms with van der Waals surface area (Å²) in [5.74, 6) is 1.89. The van der Waals surface area contributed by atoms with Crippen molar-refractivity contribution < 1.29 is 0 Å². The van der Waals surface area contributed by atoms with Gasteiger partial charge in [-0.3, -0.25) is 0 Å². The Morgan fingerprint density at radius 1 is 1.20 bits per heavy atom. The predicted molar refractivity (Wildman–Crippen MR) is 84.9 cm³/mol. The number of hydrogen-bond acceptors (Lipinski definition) is 3. The molecule has 4 rings (SSSR count). The van der Waals surface area contributed by atoms with Crippen LogP contribution in [-0.2, 0) is 6.42 Å². The zero-order valence-corrected chi connectivity index (χ0v) is 12.7. The molecule has 2 aromatic rings. The molecule has 0 amide bonds. The normalized spacial score (nSPS) is 30.8. The zero-order chi connectivity index (χ0) is 13.6. The number of aromatic nitrogens is 1. The van der Waals surface area contributed by atoms with Crippen LogP contribution in [-0.4, -0.2) is 10.5 Å². The van der Waals surface area contributed by atoms with E-state index >= 15 is 0 Å². The van der Waals surface area contributed by atoms with E-state index in [1.165, 1.54) is 48.2 Å². The van der Waals surface area contributed by atoms with Crippen LogP contribution in [0.2, 0.25) is 0 Å². The van der Waals surface area contributed by atoms with Gasteiger partial charge in [0, 0.05) is 12.0 Å². The number of thiazole rings is 1. The molecule has 2 aliphatic rings. The Hall–Kier alpha value is -0.930. The Kier molecular flexibility index (Phi) is 3.08. The Labute approximate surface area is 124 Å². The van der Waals surface area contributed by atoms with E-state index in [-0.39, 0.29) is 5.54 Å². The van der Waals surface area contributed by atoms with E-state index in [1.807, 2.05) is 11.3 Å². The number of fused-ring (bicyclic) bond motifs is 1. The quantitative estimate of drug-likeness (QED) is 0.921. The molecule has 0 radical (unpaired) electrons. The van der Waals surface area contributed by atoms with Gasteiger partial charge in [0.15, 0.2) is 0 Å². The lowest BCUT2D eigenvalue weighted by atomic mass is 9.73. The first-order chi connectivity index (χ1) is 9.72. The van der Waals surface area contributed by atoms with Gasteiger partial charge in [0.25, 0.3) is 0 Å². The summed E-state index contributed by atoms with van der Waals surface area (Å²) in [6, 6.07) is 8.42. The largest absolute Gasteiger partial charge is 0.325 e. The highest BCUT2D eigenvalue weighted by Gasteiger charge is 2.40. The fourth-order valence-corrected chi connectivity index (χ4v) is 4.99. The molecule has 1 heterocycles. The summed E-state index contributed by atoms with van der Waals surface area (Å²) in [6.07, 6.45) is 8.96. The van der Waals surface area contributed by atoms with E-state index in [0.717, 1.165) is 23.8 Å². The molecule has 106 valence electrons. The third-order valence-electron chi connectivity index (χ3n) is 5.05. The molecule has 20 heavy (non-hydrogen) atoms. The standard InChI is InChI=1S/C17H22N2S/c18-17(9-3-4-13(10-17)12-7-8-12)11-16-19-14-5-1-2-6-15(14)20-16/h1-2,5-6,12-13H,3-4,7-11,18H2. The third-order valence-corrected chi connectivity index (χ3v) is 6.08. The Morgan fingerprint density at radius 3 is 2.85 bits per heavy atom. The maximum absolute atomic E-state index is 6.74. The third kappa shape index (κ3) is 2.49. The maximum atomic E-state index is 6.74. The molecule has 2 aliphatic carbocycles. The first-order valence-corrected chi connectivity index (χ1v) is 8.67. The van der Waals surface area contributed by atoms with Gasteiger partial charge in [-0.2, -0.15) is 0 Å². The summed E-state index contributed by atoms with van der Waals surface area (Å²) < 4.78 is 1.29. The lowest BCUT2D eigenvalue weighted by Gasteiger charge is -2.37. The van der Waals surface area contributed by atoms with E-state index in [9.17, 15) is 0 Å². The van der Waals surface area contributed by atoms with Gasteiger partial charge in [0.05, 0.1) is 15.2 Å². The summed E-state index contributed by atoms with van der Waals surface area (Å²) in [5.41, 5.74) is 7.87. The van der Waals surface area contributed by atoms with Gasteiger partial charge in [0.2, 0.25) is 0 Å². The van der Waals surface area contributed by atoms with Gasteiger partial charge in [-0.1, -0.05) is 25.0 Å². The SMILES string of the molecule is NC1(Cc2nc3ccccc3s2)CCCC(C2CC2)C1. The first kappa shape index (κ1) is 12.8. The first-order valence-electron chi connectivity index (χ1n) is 7.85. The number of benzene rings is 1. The average Bonchev–Trinajstić information content (AvgIpc) is 3.19. The fourth-order valence-electron chi connectivity index (χ4n) is 3.87. The lowest BCUT2D eigenvalue weighted by molar-refractivity contribution is 0.204. The molecule has 0 aliphatic heterocycles. The summed E-state index contributed by atoms with van der Waals surface area (Å²) in [6.45, 7) is 0. The van der Waals surface area contributed by atoms with Crippen LogP contribution in [0.5, 0.6) is 0 Å². The number of rotatable bonds is 3. The van der Waals surface area contributed by atoms with E-state index in [2.05, 4.69) is 24.3 Å². The second-order valence-corrected chi connectivity index (χ2v) is 7.92. The van der Waals surface area contributed by atoms with Crippen LogP contribution in [0.3, 0.4) is 0 Å². The molecule has 2 N–H and O–H groups in total. The van der Waals surface area contributed by atoms with Crippen molar-refractivity contribution in [2.24, 2.45) is 17.6 Å². The van der Waals surface area contributed by atoms with Gasteiger partial charge in [-0.25, -0.2) is 4.98 Å². The molecule has 1 aromatic heterocycles. The minimum absolute atomic E-state index is 0.000612. The van der Waals surface area contributed by atoms with Gasteiger partial charge in [-0.15, -0.1) is 11.3 Å². The predicted octanol–water partition coefficient (Wildman–Crippen LogP) is 4.14. The van der Waals surface area contributed by atoms with Gasteiger partial charge in [-0.05, 0) is 49.7 Å². The molecule has 2 nitrogen and oxygen atoms in total. The van der Waals surface area contributed by atoms with E-state index in [0.29, 0.717) is 0 Å². The number of hydrogen-bond donors (Lipinski definition) is 1. The second-order valence-electron chi connectivity index (χ2n) is 6.81. The minimum Gasteiger partial charge on any atom is -0.325 e. The van der Waals surface area contributed by atoms with Crippen molar-refractivity contribution in [2.45, 2.75) is 50.5 Å². The molecule has 0 spiro atoms. The lowest BCUT2D eigenvalue weighted by Crippen LogP contribution is -2.46. The maximum Gasteiger partial charge on any atom is 0.0956 e. The zero-order valence-electron chi connectivity index (χ0n) is 11.8. The molecule has 0 saturated heterocycles. The number of nitrogens with zero attached hydrogens (tertiary/aromatic N) is 1. The summed E-state index contributed by atoms with van der Waals surface area (Å²) in [7, 11) is 0. The van der Waals surface area contributed by atoms with Crippen molar-refractivity contribution in [3.05, 3.63) is 29.3 Å². The van der Waals surface area contributed by atoms with Crippen LogP contribution in [0.4, 0.5) is 0 Å². The Balaban J connectivity index is 1.54. The topological polar surface area (TPSA) is 38.9 Å². The van der Waals surface area contributed by atoms with Crippen molar-refractivity contribution in [2.75, 3.05) is 0 Å². The number of nitrogens with two attached hydrogens (primary N) is 1. The molecule has 1 aromatic carbocycles. The van der Waals surface area contributed by atoms with Crippen LogP contribution >= 0.6 is 11.3 Å². The molecular weight excluding hydrogens is 264 g/mol. The van der Waals surface area contributed by atoms with Crippen molar-refractivity contribution >= 4 is 21.6 Å². The molecule has 2 unspecified atom stereocenters. The fraction of sp³-hybridized carbons (Fsp3) is 0.588. The highest BCUT2D eigenvalue weighted by atomic mass is 32.1. The molecule has 0 bridgehead atoms. The van der Waals surface area contributed by atoms with Crippen molar-refractivity contribution in [1.29, 1.82) is 0 Å². The van der Waals surface area contributed by atoms with Crippen LogP contribution in [0.15, 0.2) is 24.3 Å². The summed E-state index contributed by atoms with van der Waals surface area (Å²) in [4.78, 5) is 4.78. The van der Waals surface area contributed by atoms with Crippen LogP contribution in [0.1, 0.15) is 43.5 Å². The molecule has 2 fully saturated rings. The van der Waals surface area contributed by atoms with Crippen LogP contribution in [0.25, 0.3) is 10.2 Å². The molecular formula is C17H22N2S. The van der Waals surface area contributed by atoms with Crippen molar-refractivity contribution in [3.63, 3.8) is 0 Å². The van der Waals surface area contributed by atoms with Crippen molar-refractivity contribution in [1.82, 2.24) is 4.98 Å². The minimum atomic E-state index is -0.000612. The monoisotopic (exact) mass is 286 g/mol. The van der Waals surface area contributed by atoms with Crippen LogP contribution < -0.4 is 5.73 Å². The van der Waals surface area contributed by atoms with E-state index in [1.54, 1.807) is 0 Å². The molecule has 3 heteroatoms. The van der Waals surface area contributed by atoms with Gasteiger partial charge >= 0.3 is 0 Å². The van der Waals surface area contributed by atoms with Gasteiger partial charge < -0.3 is 5.73 Å². The molecule has 2 atom stereocenters. The smallest absolute Gasteiger partial charge is 0.0956 e. The second kappa shape index (κ2) is 4.81. The van der Waals surface area contributed by atoms with Crippen LogP contribution in [0, 0.1) is 11.8 Å². The summed E-state index contributed by atoms with van der Waals surface area (Å²) in [5, 5.41) is 1.23. The Bertz CT molecular complexity index is 583. The van der Waals surface area contributed by atoms with E-state index < -0.39 is 0 Å². The number of para-hydroxylation sites is 1.